The van der Waals surface area contributed by atoms with E-state index < -0.39 is 12.0 Å². The van der Waals surface area contributed by atoms with Crippen molar-refractivity contribution < 1.29 is 19.4 Å². The molecule has 106 valence electrons. The van der Waals surface area contributed by atoms with Crippen LogP contribution >= 0.6 is 0 Å². The predicted molar refractivity (Wildman–Crippen MR) is 72.7 cm³/mol. The average molecular weight is 267 g/mol. The van der Waals surface area contributed by atoms with Gasteiger partial charge in [-0.05, 0) is 31.0 Å². The second kappa shape index (κ2) is 7.63. The highest BCUT2D eigenvalue weighted by molar-refractivity contribution is 5.72. The van der Waals surface area contributed by atoms with E-state index in [1.807, 2.05) is 25.1 Å². The van der Waals surface area contributed by atoms with Crippen LogP contribution in [0.3, 0.4) is 0 Å². The normalized spacial score (nSPS) is 11.9. The summed E-state index contributed by atoms with van der Waals surface area (Å²) in [6.07, 6.45) is 0.933. The Morgan fingerprint density at radius 3 is 2.74 bits per heavy atom. The molecule has 2 N–H and O–H groups in total. The molecule has 0 radical (unpaired) electrons. The highest BCUT2D eigenvalue weighted by Gasteiger charge is 2.10. The van der Waals surface area contributed by atoms with Gasteiger partial charge in [-0.25, -0.2) is 0 Å². The zero-order valence-electron chi connectivity index (χ0n) is 11.6. The van der Waals surface area contributed by atoms with Crippen LogP contribution in [-0.2, 0) is 11.3 Å². The van der Waals surface area contributed by atoms with Gasteiger partial charge in [-0.2, -0.15) is 0 Å². The van der Waals surface area contributed by atoms with Crippen molar-refractivity contribution in [2.45, 2.75) is 32.9 Å². The summed E-state index contributed by atoms with van der Waals surface area (Å²) in [7, 11) is 1.59. The maximum atomic E-state index is 10.7. The van der Waals surface area contributed by atoms with E-state index in [4.69, 9.17) is 14.6 Å². The molecule has 0 spiro atoms. The zero-order valence-corrected chi connectivity index (χ0v) is 11.6. The van der Waals surface area contributed by atoms with Crippen LogP contribution < -0.4 is 14.8 Å². The molecular weight excluding hydrogens is 246 g/mol. The fraction of sp³-hybridized carbons (Fsp3) is 0.500. The van der Waals surface area contributed by atoms with Gasteiger partial charge in [0, 0.05) is 6.54 Å². The van der Waals surface area contributed by atoms with Crippen LogP contribution in [0.1, 0.15) is 25.8 Å². The molecule has 1 aromatic rings. The van der Waals surface area contributed by atoms with Crippen molar-refractivity contribution in [3.63, 3.8) is 0 Å². The number of benzene rings is 1. The molecule has 0 aromatic heterocycles. The predicted octanol–water partition coefficient (Wildman–Crippen LogP) is 2.05. The molecule has 0 amide bonds. The number of rotatable bonds is 8. The quantitative estimate of drug-likeness (QED) is 0.754. The minimum Gasteiger partial charge on any atom is -0.493 e. The summed E-state index contributed by atoms with van der Waals surface area (Å²) < 4.78 is 10.8. The van der Waals surface area contributed by atoms with Gasteiger partial charge in [0.15, 0.2) is 11.5 Å². The molecule has 0 unspecified atom stereocenters. The van der Waals surface area contributed by atoms with Gasteiger partial charge in [0.25, 0.3) is 0 Å². The summed E-state index contributed by atoms with van der Waals surface area (Å²) in [5, 5.41) is 11.7. The Labute approximate surface area is 113 Å². The Morgan fingerprint density at radius 1 is 1.42 bits per heavy atom. The van der Waals surface area contributed by atoms with Gasteiger partial charge < -0.3 is 19.9 Å². The van der Waals surface area contributed by atoms with Crippen LogP contribution in [0.2, 0.25) is 0 Å². The number of nitrogens with one attached hydrogen (secondary N) is 1. The molecule has 5 heteroatoms. The van der Waals surface area contributed by atoms with Crippen LogP contribution in [0, 0.1) is 0 Å². The van der Waals surface area contributed by atoms with Gasteiger partial charge in [0.05, 0.1) is 13.7 Å². The topological polar surface area (TPSA) is 67.8 Å². The van der Waals surface area contributed by atoms with E-state index in [1.54, 1.807) is 14.0 Å². The van der Waals surface area contributed by atoms with Crippen molar-refractivity contribution in [3.8, 4) is 11.5 Å². The number of carboxylic acid groups (broad SMARTS) is 1. The molecule has 0 heterocycles. The Bertz CT molecular complexity index is 420. The lowest BCUT2D eigenvalue weighted by atomic mass is 10.2. The fourth-order valence-electron chi connectivity index (χ4n) is 1.51. The third-order valence-corrected chi connectivity index (χ3v) is 2.67. The van der Waals surface area contributed by atoms with Crippen LogP contribution in [-0.4, -0.2) is 30.8 Å². The third-order valence-electron chi connectivity index (χ3n) is 2.67. The van der Waals surface area contributed by atoms with Crippen molar-refractivity contribution in [1.29, 1.82) is 0 Å². The largest absolute Gasteiger partial charge is 0.493 e. The van der Waals surface area contributed by atoms with Crippen LogP contribution in [0.5, 0.6) is 11.5 Å². The molecule has 1 aromatic carbocycles. The van der Waals surface area contributed by atoms with Crippen LogP contribution in [0.25, 0.3) is 0 Å². The molecular formula is C14H21NO4. The Morgan fingerprint density at radius 2 is 2.16 bits per heavy atom. The standard InChI is InChI=1S/C14H21NO4/c1-4-7-19-12-6-5-11(8-13(12)18-3)9-15-10(2)14(16)17/h5-6,8,10,15H,4,7,9H2,1-3H3,(H,16,17)/t10-/m0/s1. The molecule has 0 aliphatic heterocycles. The van der Waals surface area contributed by atoms with Crippen LogP contribution in [0.15, 0.2) is 18.2 Å². The molecule has 0 fully saturated rings. The Hall–Kier alpha value is -1.75. The van der Waals surface area contributed by atoms with Gasteiger partial charge in [0.1, 0.15) is 6.04 Å². The number of aliphatic carboxylic acids is 1. The third kappa shape index (κ3) is 4.79. The van der Waals surface area contributed by atoms with E-state index in [-0.39, 0.29) is 0 Å². The maximum Gasteiger partial charge on any atom is 0.320 e. The Balaban J connectivity index is 2.68. The number of hydrogen-bond donors (Lipinski definition) is 2. The van der Waals surface area contributed by atoms with Crippen molar-refractivity contribution in [1.82, 2.24) is 5.32 Å². The molecule has 0 saturated carbocycles. The number of methoxy groups -OCH3 is 1. The highest BCUT2D eigenvalue weighted by Crippen LogP contribution is 2.28. The smallest absolute Gasteiger partial charge is 0.320 e. The summed E-state index contributed by atoms with van der Waals surface area (Å²) in [4.78, 5) is 10.7. The van der Waals surface area contributed by atoms with Crippen molar-refractivity contribution in [2.24, 2.45) is 0 Å². The van der Waals surface area contributed by atoms with Crippen molar-refractivity contribution in [2.75, 3.05) is 13.7 Å². The zero-order chi connectivity index (χ0) is 14.3. The lowest BCUT2D eigenvalue weighted by molar-refractivity contribution is -0.139. The summed E-state index contributed by atoms with van der Waals surface area (Å²) in [5.41, 5.74) is 0.953. The van der Waals surface area contributed by atoms with Gasteiger partial charge >= 0.3 is 5.97 Å². The molecule has 19 heavy (non-hydrogen) atoms. The van der Waals surface area contributed by atoms with Crippen molar-refractivity contribution >= 4 is 5.97 Å². The maximum absolute atomic E-state index is 10.7. The second-order valence-corrected chi connectivity index (χ2v) is 4.27. The SMILES string of the molecule is CCCOc1ccc(CN[C@@H](C)C(=O)O)cc1OC. The molecule has 0 aliphatic rings. The lowest BCUT2D eigenvalue weighted by Crippen LogP contribution is -2.33. The average Bonchev–Trinajstić information content (AvgIpc) is 2.42. The molecule has 1 atom stereocenters. The van der Waals surface area contributed by atoms with E-state index in [0.717, 1.165) is 12.0 Å². The Kier molecular flexibility index (Phi) is 6.15. The van der Waals surface area contributed by atoms with E-state index in [0.29, 0.717) is 24.7 Å². The number of carbonyl (C=O) groups is 1. The molecule has 0 bridgehead atoms. The molecule has 0 saturated heterocycles. The second-order valence-electron chi connectivity index (χ2n) is 4.27. The monoisotopic (exact) mass is 267 g/mol. The van der Waals surface area contributed by atoms with E-state index in [1.165, 1.54) is 0 Å². The highest BCUT2D eigenvalue weighted by atomic mass is 16.5. The summed E-state index contributed by atoms with van der Waals surface area (Å²) in [6, 6.07) is 5.01. The van der Waals surface area contributed by atoms with E-state index in [2.05, 4.69) is 5.32 Å². The first-order valence-corrected chi connectivity index (χ1v) is 6.34. The number of ether oxygens (including phenoxy) is 2. The van der Waals surface area contributed by atoms with Gasteiger partial charge in [-0.3, -0.25) is 4.79 Å². The van der Waals surface area contributed by atoms with Gasteiger partial charge in [-0.1, -0.05) is 13.0 Å². The molecule has 1 rings (SSSR count). The summed E-state index contributed by atoms with van der Waals surface area (Å²) in [6.45, 7) is 4.76. The fourth-order valence-corrected chi connectivity index (χ4v) is 1.51. The molecule has 5 nitrogen and oxygen atoms in total. The molecule has 0 aliphatic carbocycles. The van der Waals surface area contributed by atoms with Crippen LogP contribution in [0.4, 0.5) is 0 Å². The minimum absolute atomic E-state index is 0.470. The van der Waals surface area contributed by atoms with E-state index in [9.17, 15) is 4.79 Å². The minimum atomic E-state index is -0.866. The first kappa shape index (κ1) is 15.3. The first-order chi connectivity index (χ1) is 9.08. The number of carboxylic acids is 1. The lowest BCUT2D eigenvalue weighted by Gasteiger charge is -2.13. The summed E-state index contributed by atoms with van der Waals surface area (Å²) in [5.74, 6) is 0.505. The van der Waals surface area contributed by atoms with Gasteiger partial charge in [0.2, 0.25) is 0 Å². The van der Waals surface area contributed by atoms with E-state index >= 15 is 0 Å². The van der Waals surface area contributed by atoms with Gasteiger partial charge in [-0.15, -0.1) is 0 Å². The number of hydrogen-bond acceptors (Lipinski definition) is 4. The first-order valence-electron chi connectivity index (χ1n) is 6.34. The summed E-state index contributed by atoms with van der Waals surface area (Å²) >= 11 is 0. The van der Waals surface area contributed by atoms with Crippen molar-refractivity contribution in [3.05, 3.63) is 23.8 Å².